The van der Waals surface area contributed by atoms with Gasteiger partial charge in [-0.1, -0.05) is 66.7 Å². The molecule has 8 aromatic rings. The van der Waals surface area contributed by atoms with Crippen LogP contribution in [0.15, 0.2) is 152 Å². The largest absolute Gasteiger partial charge is 0.309 e. The fourth-order valence-corrected chi connectivity index (χ4v) is 5.73. The second-order valence-electron chi connectivity index (χ2n) is 10.4. The molecule has 5 aromatic heterocycles. The van der Waals surface area contributed by atoms with Crippen molar-refractivity contribution in [1.82, 2.24) is 24.5 Å². The molecule has 0 amide bonds. The van der Waals surface area contributed by atoms with Gasteiger partial charge < -0.3 is 4.57 Å². The molecule has 0 aliphatic carbocycles. The Balaban J connectivity index is 1.25. The fraction of sp³-hybridized carbons (Fsp3) is 0. The minimum atomic E-state index is 0.777. The van der Waals surface area contributed by atoms with E-state index in [1.807, 2.05) is 42.5 Å². The number of hydrogen-bond acceptors (Lipinski definition) is 4. The molecule has 0 spiro atoms. The summed E-state index contributed by atoms with van der Waals surface area (Å²) in [6.07, 6.45) is 3.57. The summed E-state index contributed by atoms with van der Waals surface area (Å²) in [6.45, 7) is 0. The molecule has 5 heteroatoms. The molecule has 8 rings (SSSR count). The van der Waals surface area contributed by atoms with Crippen molar-refractivity contribution in [2.24, 2.45) is 0 Å². The normalized spacial score (nSPS) is 11.3. The van der Waals surface area contributed by atoms with Crippen LogP contribution in [0.1, 0.15) is 0 Å². The van der Waals surface area contributed by atoms with Gasteiger partial charge in [-0.3, -0.25) is 9.97 Å². The molecular weight excluding hydrogens is 526 g/mol. The SMILES string of the molecule is c1ccc(-c2cc(-c3cccc(-c4cccc(-n5c6ccccc6c6ccccc65)c4)n3)cc(-c3ccccn3)n2)nc1. The van der Waals surface area contributed by atoms with Crippen LogP contribution in [0.2, 0.25) is 0 Å². The van der Waals surface area contributed by atoms with Crippen LogP contribution >= 0.6 is 0 Å². The third-order valence-electron chi connectivity index (χ3n) is 7.71. The van der Waals surface area contributed by atoms with Gasteiger partial charge in [-0.2, -0.15) is 0 Å². The first-order valence-corrected chi connectivity index (χ1v) is 14.2. The maximum atomic E-state index is 5.15. The van der Waals surface area contributed by atoms with Crippen LogP contribution in [-0.2, 0) is 0 Å². The highest BCUT2D eigenvalue weighted by atomic mass is 15.0. The van der Waals surface area contributed by atoms with Gasteiger partial charge in [0, 0.05) is 40.0 Å². The summed E-state index contributed by atoms with van der Waals surface area (Å²) < 4.78 is 2.33. The Labute approximate surface area is 248 Å². The monoisotopic (exact) mass is 551 g/mol. The van der Waals surface area contributed by atoms with E-state index in [0.29, 0.717) is 0 Å². The number of hydrogen-bond donors (Lipinski definition) is 0. The van der Waals surface area contributed by atoms with Crippen LogP contribution in [0.25, 0.3) is 72.8 Å². The predicted molar refractivity (Wildman–Crippen MR) is 174 cm³/mol. The van der Waals surface area contributed by atoms with Gasteiger partial charge in [0.1, 0.15) is 0 Å². The maximum Gasteiger partial charge on any atom is 0.0901 e. The van der Waals surface area contributed by atoms with Gasteiger partial charge in [0.05, 0.1) is 45.2 Å². The first-order chi connectivity index (χ1) is 21.3. The maximum absolute atomic E-state index is 5.15. The van der Waals surface area contributed by atoms with E-state index in [0.717, 1.165) is 51.0 Å². The zero-order chi connectivity index (χ0) is 28.6. The van der Waals surface area contributed by atoms with Crippen LogP contribution in [0.5, 0.6) is 0 Å². The molecule has 202 valence electrons. The molecule has 0 fully saturated rings. The summed E-state index contributed by atoms with van der Waals surface area (Å²) in [5.74, 6) is 0. The van der Waals surface area contributed by atoms with Crippen molar-refractivity contribution < 1.29 is 0 Å². The number of aromatic nitrogens is 5. The number of benzene rings is 3. The third kappa shape index (κ3) is 4.53. The molecule has 0 bridgehead atoms. The van der Waals surface area contributed by atoms with Gasteiger partial charge in [0.2, 0.25) is 0 Å². The Kier molecular flexibility index (Phi) is 6.05. The lowest BCUT2D eigenvalue weighted by Gasteiger charge is -2.12. The van der Waals surface area contributed by atoms with E-state index in [1.54, 1.807) is 12.4 Å². The lowest BCUT2D eigenvalue weighted by atomic mass is 10.0. The predicted octanol–water partition coefficient (Wildman–Crippen LogP) is 9.03. The van der Waals surface area contributed by atoms with E-state index < -0.39 is 0 Å². The average molecular weight is 552 g/mol. The summed E-state index contributed by atoms with van der Waals surface area (Å²) in [7, 11) is 0. The molecule has 0 radical (unpaired) electrons. The molecule has 43 heavy (non-hydrogen) atoms. The Bertz CT molecular complexity index is 2130. The van der Waals surface area contributed by atoms with Gasteiger partial charge in [-0.15, -0.1) is 0 Å². The van der Waals surface area contributed by atoms with Gasteiger partial charge in [0.25, 0.3) is 0 Å². The molecule has 0 aliphatic heterocycles. The van der Waals surface area contributed by atoms with E-state index in [2.05, 4.69) is 112 Å². The Hall–Kier alpha value is -5.94. The summed E-state index contributed by atoms with van der Waals surface area (Å²) in [5.41, 5.74) is 10.4. The van der Waals surface area contributed by atoms with Crippen molar-refractivity contribution in [3.63, 3.8) is 0 Å². The van der Waals surface area contributed by atoms with E-state index in [1.165, 1.54) is 21.8 Å². The molecule has 0 saturated heterocycles. The van der Waals surface area contributed by atoms with Crippen molar-refractivity contribution in [3.8, 4) is 51.0 Å². The van der Waals surface area contributed by atoms with Crippen LogP contribution < -0.4 is 0 Å². The highest BCUT2D eigenvalue weighted by molar-refractivity contribution is 6.09. The van der Waals surface area contributed by atoms with E-state index in [-0.39, 0.29) is 0 Å². The highest BCUT2D eigenvalue weighted by Crippen LogP contribution is 2.34. The van der Waals surface area contributed by atoms with E-state index in [9.17, 15) is 0 Å². The van der Waals surface area contributed by atoms with Crippen LogP contribution in [0.3, 0.4) is 0 Å². The highest BCUT2D eigenvalue weighted by Gasteiger charge is 2.14. The zero-order valence-corrected chi connectivity index (χ0v) is 23.2. The second kappa shape index (κ2) is 10.5. The standard InChI is InChI=1S/C38H25N5/c1-3-19-37-29(13-1)30-14-2-4-20-38(30)43(37)28-12-9-11-26(23-28)31-17-10-18-32(41-31)27-24-35(33-15-5-7-21-39-33)42-36(25-27)34-16-6-8-22-40-34/h1-25H. The van der Waals surface area contributed by atoms with Crippen molar-refractivity contribution in [1.29, 1.82) is 0 Å². The zero-order valence-electron chi connectivity index (χ0n) is 23.2. The molecule has 0 atom stereocenters. The van der Waals surface area contributed by atoms with Gasteiger partial charge >= 0.3 is 0 Å². The van der Waals surface area contributed by atoms with Crippen molar-refractivity contribution in [2.45, 2.75) is 0 Å². The van der Waals surface area contributed by atoms with Gasteiger partial charge in [-0.05, 0) is 72.8 Å². The average Bonchev–Trinajstić information content (AvgIpc) is 3.43. The molecule has 0 saturated carbocycles. The Morgan fingerprint density at radius 3 is 1.49 bits per heavy atom. The molecule has 3 aromatic carbocycles. The topological polar surface area (TPSA) is 56.5 Å². The molecule has 0 unspecified atom stereocenters. The van der Waals surface area contributed by atoms with Crippen molar-refractivity contribution in [3.05, 3.63) is 152 Å². The number of nitrogens with zero attached hydrogens (tertiary/aromatic N) is 5. The van der Waals surface area contributed by atoms with E-state index in [4.69, 9.17) is 9.97 Å². The molecule has 5 heterocycles. The van der Waals surface area contributed by atoms with Crippen molar-refractivity contribution >= 4 is 21.8 Å². The lowest BCUT2D eigenvalue weighted by molar-refractivity contribution is 1.18. The quantitative estimate of drug-likeness (QED) is 0.214. The lowest BCUT2D eigenvalue weighted by Crippen LogP contribution is -1.96. The van der Waals surface area contributed by atoms with Gasteiger partial charge in [0.15, 0.2) is 0 Å². The molecule has 5 nitrogen and oxygen atoms in total. The smallest absolute Gasteiger partial charge is 0.0901 e. The first kappa shape index (κ1) is 24.8. The van der Waals surface area contributed by atoms with Crippen LogP contribution in [0, 0.1) is 0 Å². The first-order valence-electron chi connectivity index (χ1n) is 14.2. The molecule has 0 N–H and O–H groups in total. The second-order valence-corrected chi connectivity index (χ2v) is 10.4. The number of rotatable bonds is 5. The molecule has 0 aliphatic rings. The summed E-state index contributed by atoms with van der Waals surface area (Å²) >= 11 is 0. The molecular formula is C38H25N5. The number of para-hydroxylation sites is 2. The van der Waals surface area contributed by atoms with Crippen LogP contribution in [-0.4, -0.2) is 24.5 Å². The summed E-state index contributed by atoms with van der Waals surface area (Å²) in [5, 5.41) is 2.49. The summed E-state index contributed by atoms with van der Waals surface area (Å²) in [6, 6.07) is 47.7. The Morgan fingerprint density at radius 1 is 0.372 bits per heavy atom. The summed E-state index contributed by atoms with van der Waals surface area (Å²) in [4.78, 5) is 19.2. The van der Waals surface area contributed by atoms with Crippen LogP contribution in [0.4, 0.5) is 0 Å². The number of fused-ring (bicyclic) bond motifs is 3. The Morgan fingerprint density at radius 2 is 0.884 bits per heavy atom. The minimum absolute atomic E-state index is 0.777. The third-order valence-corrected chi connectivity index (χ3v) is 7.71. The minimum Gasteiger partial charge on any atom is -0.309 e. The number of pyridine rings is 4. The van der Waals surface area contributed by atoms with E-state index >= 15 is 0 Å². The van der Waals surface area contributed by atoms with Crippen molar-refractivity contribution in [2.75, 3.05) is 0 Å². The fourth-order valence-electron chi connectivity index (χ4n) is 5.73. The van der Waals surface area contributed by atoms with Gasteiger partial charge in [-0.25, -0.2) is 9.97 Å².